The summed E-state index contributed by atoms with van der Waals surface area (Å²) in [5, 5.41) is 7.72. The van der Waals surface area contributed by atoms with Crippen molar-refractivity contribution in [2.45, 2.75) is 6.92 Å². The number of halogens is 2. The van der Waals surface area contributed by atoms with Crippen molar-refractivity contribution in [1.29, 1.82) is 0 Å². The normalized spacial score (nSPS) is 10.5. The first-order valence-electron chi connectivity index (χ1n) is 3.92. The van der Waals surface area contributed by atoms with Crippen LogP contribution in [-0.4, -0.2) is 10.2 Å². The van der Waals surface area contributed by atoms with E-state index in [1.54, 1.807) is 0 Å². The van der Waals surface area contributed by atoms with Crippen molar-refractivity contribution in [3.05, 3.63) is 32.1 Å². The molecule has 3 nitrogen and oxygen atoms in total. The molecule has 0 amide bonds. The molecule has 0 fully saturated rings. The summed E-state index contributed by atoms with van der Waals surface area (Å²) in [6.45, 7) is 2.02. The first-order valence-corrected chi connectivity index (χ1v) is 5.79. The number of aryl methyl sites for hydroxylation is 1. The minimum atomic E-state index is 0.554. The molecule has 0 aliphatic rings. The molecule has 0 saturated carbocycles. The van der Waals surface area contributed by atoms with E-state index in [4.69, 9.17) is 4.42 Å². The van der Waals surface area contributed by atoms with E-state index in [0.717, 1.165) is 15.6 Å². The van der Waals surface area contributed by atoms with Crippen molar-refractivity contribution < 1.29 is 4.42 Å². The van der Waals surface area contributed by atoms with Crippen LogP contribution in [0.5, 0.6) is 0 Å². The highest BCUT2D eigenvalue weighted by molar-refractivity contribution is 14.1. The quantitative estimate of drug-likeness (QED) is 0.728. The molecule has 0 N–H and O–H groups in total. The SMILES string of the molecule is Cc1cc(-c2nnc(I)o2)ccc1Br. The van der Waals surface area contributed by atoms with E-state index in [0.29, 0.717) is 9.79 Å². The first kappa shape index (κ1) is 10.1. The van der Waals surface area contributed by atoms with E-state index in [9.17, 15) is 0 Å². The Hall–Kier alpha value is -0.430. The second-order valence-corrected chi connectivity index (χ2v) is 4.60. The number of aromatic nitrogens is 2. The molecule has 5 heteroatoms. The maximum atomic E-state index is 5.31. The molecule has 1 heterocycles. The smallest absolute Gasteiger partial charge is 0.278 e. The summed E-state index contributed by atoms with van der Waals surface area (Å²) >= 11 is 5.43. The van der Waals surface area contributed by atoms with Crippen LogP contribution >= 0.6 is 38.5 Å². The second kappa shape index (κ2) is 3.98. The third-order valence-electron chi connectivity index (χ3n) is 1.81. The van der Waals surface area contributed by atoms with Gasteiger partial charge < -0.3 is 4.42 Å². The lowest BCUT2D eigenvalue weighted by Crippen LogP contribution is -1.81. The standard InChI is InChI=1S/C9H6BrIN2O/c1-5-4-6(2-3-7(5)10)8-12-13-9(11)14-8/h2-4H,1H3. The van der Waals surface area contributed by atoms with E-state index in [1.807, 2.05) is 47.7 Å². The Bertz CT molecular complexity index is 470. The van der Waals surface area contributed by atoms with Crippen LogP contribution in [0.1, 0.15) is 5.56 Å². The molecule has 1 aromatic heterocycles. The molecule has 14 heavy (non-hydrogen) atoms. The molecule has 0 bridgehead atoms. The number of hydrogen-bond donors (Lipinski definition) is 0. The predicted octanol–water partition coefficient (Wildman–Crippen LogP) is 3.41. The summed E-state index contributed by atoms with van der Waals surface area (Å²) in [7, 11) is 0. The predicted molar refractivity (Wildman–Crippen MR) is 64.9 cm³/mol. The zero-order valence-corrected chi connectivity index (χ0v) is 11.0. The molecule has 0 aliphatic heterocycles. The lowest BCUT2D eigenvalue weighted by molar-refractivity contribution is 0.537. The number of rotatable bonds is 1. The van der Waals surface area contributed by atoms with Gasteiger partial charge in [0, 0.05) is 32.6 Å². The van der Waals surface area contributed by atoms with Gasteiger partial charge in [-0.05, 0) is 30.7 Å². The van der Waals surface area contributed by atoms with E-state index in [2.05, 4.69) is 26.1 Å². The third-order valence-corrected chi connectivity index (χ3v) is 3.13. The Labute approximate surface area is 103 Å². The van der Waals surface area contributed by atoms with Gasteiger partial charge in [-0.25, -0.2) is 0 Å². The van der Waals surface area contributed by atoms with Crippen LogP contribution in [0, 0.1) is 10.8 Å². The molecular formula is C9H6BrIN2O. The van der Waals surface area contributed by atoms with Crippen molar-refractivity contribution in [3.63, 3.8) is 0 Å². The molecule has 0 spiro atoms. The summed E-state index contributed by atoms with van der Waals surface area (Å²) in [6.07, 6.45) is 0. The monoisotopic (exact) mass is 364 g/mol. The molecule has 72 valence electrons. The van der Waals surface area contributed by atoms with Crippen molar-refractivity contribution in [3.8, 4) is 11.5 Å². The highest BCUT2D eigenvalue weighted by atomic mass is 127. The zero-order valence-electron chi connectivity index (χ0n) is 7.29. The summed E-state index contributed by atoms with van der Waals surface area (Å²) in [5.41, 5.74) is 2.09. The van der Waals surface area contributed by atoms with Gasteiger partial charge in [-0.3, -0.25) is 0 Å². The van der Waals surface area contributed by atoms with Crippen molar-refractivity contribution >= 4 is 38.5 Å². The Morgan fingerprint density at radius 3 is 2.71 bits per heavy atom. The van der Waals surface area contributed by atoms with E-state index in [1.165, 1.54) is 0 Å². The Morgan fingerprint density at radius 2 is 2.14 bits per heavy atom. The third kappa shape index (κ3) is 1.98. The van der Waals surface area contributed by atoms with Gasteiger partial charge in [-0.2, -0.15) is 0 Å². The van der Waals surface area contributed by atoms with Crippen LogP contribution in [0.3, 0.4) is 0 Å². The molecule has 0 saturated heterocycles. The van der Waals surface area contributed by atoms with Crippen LogP contribution in [0.4, 0.5) is 0 Å². The fraction of sp³-hybridized carbons (Fsp3) is 0.111. The fourth-order valence-electron chi connectivity index (χ4n) is 1.10. The molecular weight excluding hydrogens is 359 g/mol. The van der Waals surface area contributed by atoms with Gasteiger partial charge in [0.25, 0.3) is 3.90 Å². The van der Waals surface area contributed by atoms with Crippen LogP contribution in [0.15, 0.2) is 27.1 Å². The van der Waals surface area contributed by atoms with Crippen LogP contribution < -0.4 is 0 Å². The molecule has 1 aromatic carbocycles. The highest BCUT2D eigenvalue weighted by Gasteiger charge is 2.07. The van der Waals surface area contributed by atoms with E-state index in [-0.39, 0.29) is 0 Å². The Kier molecular flexibility index (Phi) is 2.87. The summed E-state index contributed by atoms with van der Waals surface area (Å²) in [6, 6.07) is 5.93. The van der Waals surface area contributed by atoms with Gasteiger partial charge in [0.05, 0.1) is 0 Å². The summed E-state index contributed by atoms with van der Waals surface area (Å²) in [5.74, 6) is 0.560. The molecule has 0 atom stereocenters. The topological polar surface area (TPSA) is 38.9 Å². The van der Waals surface area contributed by atoms with Crippen LogP contribution in [0.25, 0.3) is 11.5 Å². The van der Waals surface area contributed by atoms with E-state index >= 15 is 0 Å². The van der Waals surface area contributed by atoms with Crippen molar-refractivity contribution in [1.82, 2.24) is 10.2 Å². The summed E-state index contributed by atoms with van der Waals surface area (Å²) < 4.78 is 6.95. The summed E-state index contributed by atoms with van der Waals surface area (Å²) in [4.78, 5) is 0. The molecule has 0 aliphatic carbocycles. The Balaban J connectivity index is 2.47. The minimum Gasteiger partial charge on any atom is -0.412 e. The lowest BCUT2D eigenvalue weighted by atomic mass is 10.1. The second-order valence-electron chi connectivity index (χ2n) is 2.82. The molecule has 2 aromatic rings. The zero-order chi connectivity index (χ0) is 10.1. The average molecular weight is 365 g/mol. The Morgan fingerprint density at radius 1 is 1.36 bits per heavy atom. The first-order chi connectivity index (χ1) is 6.66. The van der Waals surface area contributed by atoms with Gasteiger partial charge in [0.1, 0.15) is 0 Å². The number of hydrogen-bond acceptors (Lipinski definition) is 3. The van der Waals surface area contributed by atoms with Gasteiger partial charge in [-0.15, -0.1) is 10.2 Å². The maximum Gasteiger partial charge on any atom is 0.278 e. The molecule has 0 unspecified atom stereocenters. The molecule has 2 rings (SSSR count). The average Bonchev–Trinajstić information content (AvgIpc) is 2.57. The van der Waals surface area contributed by atoms with Crippen molar-refractivity contribution in [2.24, 2.45) is 0 Å². The fourth-order valence-corrected chi connectivity index (χ4v) is 1.66. The van der Waals surface area contributed by atoms with Gasteiger partial charge in [-0.1, -0.05) is 15.9 Å². The van der Waals surface area contributed by atoms with Gasteiger partial charge >= 0.3 is 0 Å². The highest BCUT2D eigenvalue weighted by Crippen LogP contribution is 2.24. The number of benzene rings is 1. The largest absolute Gasteiger partial charge is 0.412 e. The number of nitrogens with zero attached hydrogens (tertiary/aromatic N) is 2. The van der Waals surface area contributed by atoms with Crippen molar-refractivity contribution in [2.75, 3.05) is 0 Å². The van der Waals surface area contributed by atoms with Gasteiger partial charge in [0.15, 0.2) is 0 Å². The maximum absolute atomic E-state index is 5.31. The van der Waals surface area contributed by atoms with Gasteiger partial charge in [0.2, 0.25) is 5.89 Å². The minimum absolute atomic E-state index is 0.554. The van der Waals surface area contributed by atoms with E-state index < -0.39 is 0 Å². The van der Waals surface area contributed by atoms with Crippen LogP contribution in [-0.2, 0) is 0 Å². The molecule has 0 radical (unpaired) electrons. The lowest BCUT2D eigenvalue weighted by Gasteiger charge is -1.99. The van der Waals surface area contributed by atoms with Crippen LogP contribution in [0.2, 0.25) is 0 Å².